The van der Waals surface area contributed by atoms with Gasteiger partial charge in [0.1, 0.15) is 6.04 Å². The number of ketones is 2. The number of carbonyl (C=O) groups excluding carboxylic acids is 4. The molecule has 0 N–H and O–H groups in total. The lowest BCUT2D eigenvalue weighted by molar-refractivity contribution is -0.123. The van der Waals surface area contributed by atoms with Gasteiger partial charge < -0.3 is 4.90 Å². The molecular weight excluding hydrogens is 544 g/mol. The number of nitrogens with zero attached hydrogens (tertiary/aromatic N) is 2. The molecule has 3 aromatic carbocycles. The first-order chi connectivity index (χ1) is 18.3. The summed E-state index contributed by atoms with van der Waals surface area (Å²) >= 11 is 3.40. The van der Waals surface area contributed by atoms with Gasteiger partial charge in [0.25, 0.3) is 0 Å². The van der Waals surface area contributed by atoms with E-state index in [-0.39, 0.29) is 17.5 Å². The second-order valence-corrected chi connectivity index (χ2v) is 10.7. The molecule has 2 amide bonds. The Hall–Kier alpha value is -4.10. The molecule has 3 aromatic rings. The molecule has 0 saturated carbocycles. The fourth-order valence-electron chi connectivity index (χ4n) is 5.69. The van der Waals surface area contributed by atoms with Gasteiger partial charge in [0.05, 0.1) is 23.6 Å². The molecule has 6 nitrogen and oxygen atoms in total. The molecule has 7 heteroatoms. The van der Waals surface area contributed by atoms with Crippen molar-refractivity contribution in [1.29, 1.82) is 0 Å². The Morgan fingerprint density at radius 3 is 2.13 bits per heavy atom. The van der Waals surface area contributed by atoms with Gasteiger partial charge >= 0.3 is 0 Å². The van der Waals surface area contributed by atoms with Crippen LogP contribution in [0.15, 0.2) is 107 Å². The van der Waals surface area contributed by atoms with Crippen LogP contribution in [-0.4, -0.2) is 40.4 Å². The van der Waals surface area contributed by atoms with Crippen LogP contribution in [0.5, 0.6) is 0 Å². The molecule has 2 saturated heterocycles. The van der Waals surface area contributed by atoms with Gasteiger partial charge in [0.2, 0.25) is 11.8 Å². The highest BCUT2D eigenvalue weighted by Gasteiger charge is 2.63. The number of benzene rings is 3. The molecule has 0 spiro atoms. The summed E-state index contributed by atoms with van der Waals surface area (Å²) in [4.78, 5) is 57.8. The number of imide groups is 1. The number of anilines is 1. The predicted molar refractivity (Wildman–Crippen MR) is 147 cm³/mol. The SMILES string of the molecule is Cc1ccc(N2C(=O)[C@@H]3[C@H](C2=O)[C@@H]2C=C(C(=O)c4ccccc4)C=CN2[C@@H]3C(=O)c2ccc(Br)cc2)cc1. The van der Waals surface area contributed by atoms with Crippen LogP contribution in [0, 0.1) is 18.8 Å². The van der Waals surface area contributed by atoms with Crippen LogP contribution < -0.4 is 4.90 Å². The highest BCUT2D eigenvalue weighted by atomic mass is 79.9. The van der Waals surface area contributed by atoms with E-state index in [9.17, 15) is 19.2 Å². The number of Topliss-reactive ketones (excluding diaryl/α,β-unsaturated/α-hetero) is 2. The molecule has 6 rings (SSSR count). The first kappa shape index (κ1) is 24.2. The number of amides is 2. The highest BCUT2D eigenvalue weighted by Crippen LogP contribution is 2.47. The molecule has 3 aliphatic rings. The van der Waals surface area contributed by atoms with Gasteiger partial charge in [0.15, 0.2) is 11.6 Å². The van der Waals surface area contributed by atoms with Gasteiger partial charge in [-0.05, 0) is 37.3 Å². The van der Waals surface area contributed by atoms with Crippen LogP contribution in [-0.2, 0) is 9.59 Å². The third kappa shape index (κ3) is 3.85. The van der Waals surface area contributed by atoms with Crippen molar-refractivity contribution in [1.82, 2.24) is 4.90 Å². The number of allylic oxidation sites excluding steroid dienone is 2. The van der Waals surface area contributed by atoms with E-state index in [1.807, 2.05) is 25.1 Å². The number of rotatable bonds is 5. The van der Waals surface area contributed by atoms with Crippen LogP contribution in [0.4, 0.5) is 5.69 Å². The lowest BCUT2D eigenvalue weighted by Gasteiger charge is -2.32. The van der Waals surface area contributed by atoms with Crippen LogP contribution >= 0.6 is 15.9 Å². The minimum Gasteiger partial charge on any atom is -0.359 e. The first-order valence-corrected chi connectivity index (χ1v) is 13.2. The molecule has 3 heterocycles. The topological polar surface area (TPSA) is 74.8 Å². The zero-order chi connectivity index (χ0) is 26.6. The second kappa shape index (κ2) is 9.33. The predicted octanol–water partition coefficient (Wildman–Crippen LogP) is 5.14. The zero-order valence-corrected chi connectivity index (χ0v) is 22.0. The van der Waals surface area contributed by atoms with E-state index in [2.05, 4.69) is 15.9 Å². The van der Waals surface area contributed by atoms with Crippen molar-refractivity contribution in [3.63, 3.8) is 0 Å². The van der Waals surface area contributed by atoms with Crippen molar-refractivity contribution in [2.45, 2.75) is 19.0 Å². The Morgan fingerprint density at radius 2 is 1.45 bits per heavy atom. The number of hydrogen-bond acceptors (Lipinski definition) is 5. The normalized spacial score (nSPS) is 23.8. The molecule has 38 heavy (non-hydrogen) atoms. The molecule has 0 unspecified atom stereocenters. The molecule has 0 radical (unpaired) electrons. The quantitative estimate of drug-likeness (QED) is 0.316. The third-order valence-electron chi connectivity index (χ3n) is 7.54. The Kier molecular flexibility index (Phi) is 5.95. The fourth-order valence-corrected chi connectivity index (χ4v) is 5.95. The summed E-state index contributed by atoms with van der Waals surface area (Å²) < 4.78 is 0.832. The lowest BCUT2D eigenvalue weighted by Crippen LogP contribution is -2.46. The van der Waals surface area contributed by atoms with Crippen LogP contribution in [0.2, 0.25) is 0 Å². The molecule has 3 aliphatic heterocycles. The van der Waals surface area contributed by atoms with Crippen molar-refractivity contribution in [2.24, 2.45) is 11.8 Å². The average molecular weight is 567 g/mol. The summed E-state index contributed by atoms with van der Waals surface area (Å²) in [5.41, 5.74) is 2.91. The lowest BCUT2D eigenvalue weighted by atomic mass is 9.85. The number of carbonyl (C=O) groups is 4. The van der Waals surface area contributed by atoms with E-state index >= 15 is 0 Å². The fraction of sp³-hybridized carbons (Fsp3) is 0.161. The molecule has 2 fully saturated rings. The minimum absolute atomic E-state index is 0.173. The van der Waals surface area contributed by atoms with Crippen molar-refractivity contribution in [3.05, 3.63) is 124 Å². The molecule has 0 aromatic heterocycles. The monoisotopic (exact) mass is 566 g/mol. The summed E-state index contributed by atoms with van der Waals surface area (Å²) in [6, 6.07) is 21.6. The second-order valence-electron chi connectivity index (χ2n) is 9.79. The largest absolute Gasteiger partial charge is 0.359 e. The summed E-state index contributed by atoms with van der Waals surface area (Å²) in [7, 11) is 0. The first-order valence-electron chi connectivity index (χ1n) is 12.4. The Morgan fingerprint density at radius 1 is 0.789 bits per heavy atom. The van der Waals surface area contributed by atoms with Gasteiger partial charge in [-0.25, -0.2) is 4.90 Å². The Balaban J connectivity index is 1.43. The van der Waals surface area contributed by atoms with Gasteiger partial charge in [0, 0.05) is 27.4 Å². The van der Waals surface area contributed by atoms with E-state index in [1.54, 1.807) is 83.9 Å². The van der Waals surface area contributed by atoms with E-state index in [1.165, 1.54) is 4.90 Å². The number of fused-ring (bicyclic) bond motifs is 3. The van der Waals surface area contributed by atoms with E-state index in [0.29, 0.717) is 22.4 Å². The van der Waals surface area contributed by atoms with Gasteiger partial charge in [-0.15, -0.1) is 0 Å². The summed E-state index contributed by atoms with van der Waals surface area (Å²) in [5, 5.41) is 0. The van der Waals surface area contributed by atoms with Crippen molar-refractivity contribution >= 4 is 45.0 Å². The standard InChI is InChI=1S/C31H23BrN2O4/c1-18-7-13-23(14-8-18)34-30(37)25-24-17-21(28(35)19-5-3-2-4-6-19)15-16-33(24)27(26(25)31(34)38)29(36)20-9-11-22(32)12-10-20/h2-17,24-27H,1H3/t24-,25+,26+,27-/m0/s1. The maximum absolute atomic E-state index is 13.9. The van der Waals surface area contributed by atoms with Crippen molar-refractivity contribution in [2.75, 3.05) is 4.90 Å². The number of hydrogen-bond donors (Lipinski definition) is 0. The number of aryl methyl sites for hydroxylation is 1. The van der Waals surface area contributed by atoms with Gasteiger partial charge in [-0.3, -0.25) is 19.2 Å². The van der Waals surface area contributed by atoms with Gasteiger partial charge in [-0.1, -0.05) is 82.2 Å². The van der Waals surface area contributed by atoms with Crippen molar-refractivity contribution in [3.8, 4) is 0 Å². The molecule has 0 bridgehead atoms. The van der Waals surface area contributed by atoms with E-state index in [0.717, 1.165) is 10.0 Å². The van der Waals surface area contributed by atoms with E-state index in [4.69, 9.17) is 0 Å². The summed E-state index contributed by atoms with van der Waals surface area (Å²) in [6.07, 6.45) is 5.10. The summed E-state index contributed by atoms with van der Waals surface area (Å²) in [5.74, 6) is -2.84. The molecule has 0 aliphatic carbocycles. The van der Waals surface area contributed by atoms with E-state index < -0.39 is 29.8 Å². The molecular formula is C31H23BrN2O4. The smallest absolute Gasteiger partial charge is 0.240 e. The van der Waals surface area contributed by atoms with Crippen molar-refractivity contribution < 1.29 is 19.2 Å². The maximum Gasteiger partial charge on any atom is 0.240 e. The number of halogens is 1. The molecule has 188 valence electrons. The maximum atomic E-state index is 13.9. The van der Waals surface area contributed by atoms with Gasteiger partial charge in [-0.2, -0.15) is 0 Å². The zero-order valence-electron chi connectivity index (χ0n) is 20.5. The summed E-state index contributed by atoms with van der Waals surface area (Å²) in [6.45, 7) is 1.93. The minimum atomic E-state index is -0.878. The third-order valence-corrected chi connectivity index (χ3v) is 8.06. The Labute approximate surface area is 228 Å². The average Bonchev–Trinajstić information content (AvgIpc) is 3.41. The van der Waals surface area contributed by atoms with Crippen LogP contribution in [0.3, 0.4) is 0 Å². The molecule has 4 atom stereocenters. The highest BCUT2D eigenvalue weighted by molar-refractivity contribution is 9.10. The Bertz CT molecular complexity index is 1530. The van der Waals surface area contributed by atoms with Crippen LogP contribution in [0.1, 0.15) is 26.3 Å². The van der Waals surface area contributed by atoms with Crippen LogP contribution in [0.25, 0.3) is 0 Å².